The number of carbonyl (C=O) groups excluding carboxylic acids is 1. The van der Waals surface area contributed by atoms with Gasteiger partial charge in [-0.15, -0.1) is 25.3 Å². The summed E-state index contributed by atoms with van der Waals surface area (Å²) in [6, 6.07) is 9.77. The lowest BCUT2D eigenvalue weighted by Gasteiger charge is -2.36. The van der Waals surface area contributed by atoms with Crippen LogP contribution < -0.4 is 10.6 Å². The lowest BCUT2D eigenvalue weighted by molar-refractivity contribution is 0.144. The Morgan fingerprint density at radius 2 is 1.77 bits per heavy atom. The van der Waals surface area contributed by atoms with Crippen LogP contribution >= 0.6 is 25.3 Å². The molecule has 0 spiro atoms. The monoisotopic (exact) mass is 340 g/mol. The van der Waals surface area contributed by atoms with E-state index in [0.29, 0.717) is 13.1 Å². The van der Waals surface area contributed by atoms with Crippen molar-refractivity contribution in [1.29, 1.82) is 0 Å². The predicted octanol–water partition coefficient (Wildman–Crippen LogP) is 1.25. The summed E-state index contributed by atoms with van der Waals surface area (Å²) in [5, 5.41) is 5.76. The van der Waals surface area contributed by atoms with Gasteiger partial charge in [0.25, 0.3) is 0 Å². The summed E-state index contributed by atoms with van der Waals surface area (Å²) in [5.41, 5.74) is 1.10. The Labute approximate surface area is 143 Å². The number of nitrogens with zero attached hydrogens (tertiary/aromatic N) is 2. The fourth-order valence-electron chi connectivity index (χ4n) is 2.39. The highest BCUT2D eigenvalue weighted by Crippen LogP contribution is 2.11. The molecule has 1 aromatic rings. The molecule has 0 aromatic heterocycles. The van der Waals surface area contributed by atoms with Crippen molar-refractivity contribution >= 4 is 31.3 Å². The van der Waals surface area contributed by atoms with Crippen LogP contribution in [0, 0.1) is 0 Å². The van der Waals surface area contributed by atoms with E-state index in [1.54, 1.807) is 0 Å². The Morgan fingerprint density at radius 1 is 1.09 bits per heavy atom. The lowest BCUT2D eigenvalue weighted by atomic mass is 10.2. The lowest BCUT2D eigenvalue weighted by Crippen LogP contribution is -2.50. The number of hydrogen-bond acceptors (Lipinski definition) is 5. The van der Waals surface area contributed by atoms with Gasteiger partial charge in [0.2, 0.25) is 0 Å². The highest BCUT2D eigenvalue weighted by molar-refractivity contribution is 7.99. The maximum absolute atomic E-state index is 11.7. The molecule has 1 aromatic carbocycles. The Kier molecular flexibility index (Phi) is 7.38. The average Bonchev–Trinajstić information content (AvgIpc) is 2.54. The van der Waals surface area contributed by atoms with E-state index in [4.69, 9.17) is 0 Å². The van der Waals surface area contributed by atoms with Crippen LogP contribution in [0.2, 0.25) is 0 Å². The highest BCUT2D eigenvalue weighted by atomic mass is 32.2. The Balaban J connectivity index is 1.56. The molecule has 0 unspecified atom stereocenters. The summed E-state index contributed by atoms with van der Waals surface area (Å²) in [4.78, 5) is 16.3. The van der Waals surface area contributed by atoms with E-state index in [1.165, 1.54) is 0 Å². The maximum atomic E-state index is 11.7. The van der Waals surface area contributed by atoms with Gasteiger partial charge in [-0.1, -0.05) is 30.3 Å². The first-order valence-corrected chi connectivity index (χ1v) is 8.56. The third-order valence-electron chi connectivity index (χ3n) is 3.74. The van der Waals surface area contributed by atoms with Gasteiger partial charge in [0.15, 0.2) is 0 Å². The number of hydrogen-bond donors (Lipinski definition) is 4. The molecule has 1 saturated heterocycles. The quantitative estimate of drug-likeness (QED) is 0.466. The van der Waals surface area contributed by atoms with Gasteiger partial charge >= 0.3 is 6.03 Å². The molecule has 0 saturated carbocycles. The van der Waals surface area contributed by atoms with Crippen LogP contribution in [0.4, 0.5) is 4.79 Å². The van der Waals surface area contributed by atoms with Gasteiger partial charge in [-0.2, -0.15) is 0 Å². The Morgan fingerprint density at radius 3 is 2.41 bits per heavy atom. The minimum atomic E-state index is -0.117. The summed E-state index contributed by atoms with van der Waals surface area (Å²) in [6.07, 6.45) is 0. The molecular weight excluding hydrogens is 316 g/mol. The van der Waals surface area contributed by atoms with Gasteiger partial charge in [0.1, 0.15) is 0 Å². The molecule has 1 aliphatic rings. The number of urea groups is 1. The van der Waals surface area contributed by atoms with Crippen molar-refractivity contribution in [3.05, 3.63) is 35.9 Å². The molecule has 0 radical (unpaired) electrons. The maximum Gasteiger partial charge on any atom is 0.315 e. The van der Waals surface area contributed by atoms with Crippen molar-refractivity contribution in [1.82, 2.24) is 20.4 Å². The fraction of sp³-hybridized carbons (Fsp3) is 0.533. The molecule has 1 aliphatic heterocycles. The van der Waals surface area contributed by atoms with Crippen LogP contribution in [-0.4, -0.2) is 59.8 Å². The summed E-state index contributed by atoms with van der Waals surface area (Å²) < 4.78 is 0.0176. The Bertz CT molecular complexity index is 450. The van der Waals surface area contributed by atoms with Crippen molar-refractivity contribution in [2.24, 2.45) is 0 Å². The third-order valence-corrected chi connectivity index (χ3v) is 4.40. The molecule has 2 amide bonds. The normalized spacial score (nSPS) is 16.7. The van der Waals surface area contributed by atoms with Gasteiger partial charge in [-0.25, -0.2) is 4.79 Å². The Hall–Kier alpha value is -0.890. The van der Waals surface area contributed by atoms with Gasteiger partial charge < -0.3 is 10.6 Å². The second-order valence-electron chi connectivity index (χ2n) is 5.32. The van der Waals surface area contributed by atoms with Gasteiger partial charge in [0, 0.05) is 45.8 Å². The number of carbonyl (C=O) groups is 1. The fourth-order valence-corrected chi connectivity index (χ4v) is 2.85. The molecule has 0 aliphatic carbocycles. The van der Waals surface area contributed by atoms with E-state index < -0.39 is 0 Å². The first kappa shape index (κ1) is 17.5. The molecule has 0 bridgehead atoms. The van der Waals surface area contributed by atoms with E-state index in [2.05, 4.69) is 45.7 Å². The molecule has 1 heterocycles. The molecule has 7 heteroatoms. The third kappa shape index (κ3) is 6.08. The molecule has 1 fully saturated rings. The molecule has 5 nitrogen and oxygen atoms in total. The number of piperazine rings is 1. The summed E-state index contributed by atoms with van der Waals surface area (Å²) in [5.74, 6) is 0. The number of benzene rings is 1. The topological polar surface area (TPSA) is 47.6 Å². The SMILES string of the molecule is O=C(NCCN1CCN(C(S)S)CC1)NCc1ccccc1. The second-order valence-corrected chi connectivity index (χ2v) is 6.70. The molecule has 2 N–H and O–H groups in total. The molecule has 2 rings (SSSR count). The van der Waals surface area contributed by atoms with Crippen molar-refractivity contribution in [2.75, 3.05) is 39.3 Å². The summed E-state index contributed by atoms with van der Waals surface area (Å²) in [7, 11) is 0. The van der Waals surface area contributed by atoms with Gasteiger partial charge in [0.05, 0.1) is 4.71 Å². The number of nitrogens with one attached hydrogen (secondary N) is 2. The molecule has 0 atom stereocenters. The minimum Gasteiger partial charge on any atom is -0.337 e. The van der Waals surface area contributed by atoms with Crippen molar-refractivity contribution in [2.45, 2.75) is 11.3 Å². The smallest absolute Gasteiger partial charge is 0.315 e. The van der Waals surface area contributed by atoms with Gasteiger partial charge in [-0.3, -0.25) is 9.80 Å². The number of thiol groups is 2. The van der Waals surface area contributed by atoms with Crippen molar-refractivity contribution in [3.63, 3.8) is 0 Å². The summed E-state index contributed by atoms with van der Waals surface area (Å²) in [6.45, 7) is 6.00. The van der Waals surface area contributed by atoms with E-state index >= 15 is 0 Å². The zero-order valence-electron chi connectivity index (χ0n) is 12.6. The van der Waals surface area contributed by atoms with Crippen LogP contribution in [0.1, 0.15) is 5.56 Å². The number of amides is 2. The van der Waals surface area contributed by atoms with E-state index in [1.807, 2.05) is 30.3 Å². The van der Waals surface area contributed by atoms with Crippen molar-refractivity contribution in [3.8, 4) is 0 Å². The first-order valence-electron chi connectivity index (χ1n) is 7.53. The van der Waals surface area contributed by atoms with Crippen LogP contribution in [0.3, 0.4) is 0 Å². The molecule has 122 valence electrons. The second kappa shape index (κ2) is 9.29. The number of rotatable bonds is 6. The van der Waals surface area contributed by atoms with Crippen LogP contribution in [0.5, 0.6) is 0 Å². The zero-order chi connectivity index (χ0) is 15.8. The van der Waals surface area contributed by atoms with Crippen LogP contribution in [-0.2, 0) is 6.54 Å². The minimum absolute atomic E-state index is 0.0176. The zero-order valence-corrected chi connectivity index (χ0v) is 14.4. The standard InChI is InChI=1S/C15H24N4OS2/c20-14(17-12-13-4-2-1-3-5-13)16-6-7-18-8-10-19(11-9-18)15(21)22/h1-5,15,21-22H,6-12H2,(H2,16,17,20). The van der Waals surface area contributed by atoms with E-state index in [9.17, 15) is 4.79 Å². The first-order chi connectivity index (χ1) is 10.6. The molecule has 22 heavy (non-hydrogen) atoms. The summed E-state index contributed by atoms with van der Waals surface area (Å²) >= 11 is 8.66. The van der Waals surface area contributed by atoms with E-state index in [-0.39, 0.29) is 10.7 Å². The predicted molar refractivity (Wildman–Crippen MR) is 96.5 cm³/mol. The van der Waals surface area contributed by atoms with Crippen LogP contribution in [0.15, 0.2) is 30.3 Å². The van der Waals surface area contributed by atoms with Gasteiger partial charge in [-0.05, 0) is 5.56 Å². The largest absolute Gasteiger partial charge is 0.337 e. The van der Waals surface area contributed by atoms with Crippen LogP contribution in [0.25, 0.3) is 0 Å². The highest BCUT2D eigenvalue weighted by Gasteiger charge is 2.19. The molecular formula is C15H24N4OS2. The van der Waals surface area contributed by atoms with E-state index in [0.717, 1.165) is 38.3 Å². The van der Waals surface area contributed by atoms with Crippen molar-refractivity contribution < 1.29 is 4.79 Å². The average molecular weight is 341 g/mol.